The Morgan fingerprint density at radius 2 is 1.81 bits per heavy atom. The Morgan fingerprint density at radius 3 is 2.47 bits per heavy atom. The Bertz CT molecular complexity index is 1060. The lowest BCUT2D eigenvalue weighted by Gasteiger charge is -2.26. The molecule has 1 saturated heterocycles. The molecule has 1 N–H and O–H groups in total. The number of nitrogens with zero attached hydrogens (tertiary/aromatic N) is 2. The summed E-state index contributed by atoms with van der Waals surface area (Å²) in [4.78, 5) is 2.40. The lowest BCUT2D eigenvalue weighted by atomic mass is 9.80. The standard InChI is InChI=1S/C29H35N3O4/c1-33-28-17-24(18-29(34-2)27(28)20-31-11-12-32-13-15-35-16-14-32)36-21-23-9-6-10-25(26(23)19-30)22-7-4-3-5-8-22/h3-10,17-18,23,26,31H,11-16,20-21H2,1-2H3. The summed E-state index contributed by atoms with van der Waals surface area (Å²) >= 11 is 0. The molecule has 1 aliphatic heterocycles. The van der Waals surface area contributed by atoms with Crippen LogP contribution in [0.5, 0.6) is 17.2 Å². The van der Waals surface area contributed by atoms with E-state index in [0.717, 1.165) is 56.1 Å². The average molecular weight is 490 g/mol. The lowest BCUT2D eigenvalue weighted by Crippen LogP contribution is -2.40. The van der Waals surface area contributed by atoms with Crippen molar-refractivity contribution in [2.45, 2.75) is 6.54 Å². The van der Waals surface area contributed by atoms with Crippen LogP contribution in [0.3, 0.4) is 0 Å². The van der Waals surface area contributed by atoms with Crippen LogP contribution < -0.4 is 19.5 Å². The number of morpholine rings is 1. The topological polar surface area (TPSA) is 76.0 Å². The molecule has 2 aromatic rings. The highest BCUT2D eigenvalue weighted by molar-refractivity contribution is 5.72. The molecule has 0 spiro atoms. The molecule has 7 nitrogen and oxygen atoms in total. The maximum absolute atomic E-state index is 9.94. The molecule has 0 amide bonds. The van der Waals surface area contributed by atoms with Gasteiger partial charge in [-0.2, -0.15) is 5.26 Å². The second-order valence-corrected chi connectivity index (χ2v) is 8.89. The van der Waals surface area contributed by atoms with Gasteiger partial charge in [-0.1, -0.05) is 48.6 Å². The lowest BCUT2D eigenvalue weighted by molar-refractivity contribution is 0.0384. The molecule has 0 bridgehead atoms. The van der Waals surface area contributed by atoms with Gasteiger partial charge in [0.2, 0.25) is 0 Å². The maximum Gasteiger partial charge on any atom is 0.130 e. The van der Waals surface area contributed by atoms with Crippen molar-refractivity contribution in [3.05, 3.63) is 71.8 Å². The van der Waals surface area contributed by atoms with Crippen molar-refractivity contribution in [1.29, 1.82) is 5.26 Å². The summed E-state index contributed by atoms with van der Waals surface area (Å²) in [5.74, 6) is 1.74. The summed E-state index contributed by atoms with van der Waals surface area (Å²) in [6.45, 7) is 6.41. The van der Waals surface area contributed by atoms with E-state index in [0.29, 0.717) is 30.4 Å². The molecule has 0 saturated carbocycles. The SMILES string of the molecule is COc1cc(OCC2C=CC=C(c3ccccc3)C2C#N)cc(OC)c1CNCCN1CCOCC1. The van der Waals surface area contributed by atoms with Crippen molar-refractivity contribution >= 4 is 5.57 Å². The summed E-state index contributed by atoms with van der Waals surface area (Å²) in [7, 11) is 3.31. The Hall–Kier alpha value is -3.31. The first-order chi connectivity index (χ1) is 17.7. The van der Waals surface area contributed by atoms with Gasteiger partial charge < -0.3 is 24.3 Å². The Labute approximate surface area is 213 Å². The third kappa shape index (κ3) is 6.46. The zero-order chi connectivity index (χ0) is 25.2. The molecule has 0 aromatic heterocycles. The number of hydrogen-bond acceptors (Lipinski definition) is 7. The third-order valence-corrected chi connectivity index (χ3v) is 6.68. The largest absolute Gasteiger partial charge is 0.496 e. The summed E-state index contributed by atoms with van der Waals surface area (Å²) < 4.78 is 23.0. The number of nitriles is 1. The van der Waals surface area contributed by atoms with E-state index in [9.17, 15) is 5.26 Å². The molecule has 4 rings (SSSR count). The van der Waals surface area contributed by atoms with Gasteiger partial charge >= 0.3 is 0 Å². The smallest absolute Gasteiger partial charge is 0.130 e. The normalized spacial score (nSPS) is 19.9. The predicted molar refractivity (Wildman–Crippen MR) is 140 cm³/mol. The summed E-state index contributed by atoms with van der Waals surface area (Å²) in [6.07, 6.45) is 6.07. The third-order valence-electron chi connectivity index (χ3n) is 6.68. The molecule has 1 aliphatic carbocycles. The molecule has 1 fully saturated rings. The van der Waals surface area contributed by atoms with Gasteiger partial charge in [0.25, 0.3) is 0 Å². The zero-order valence-corrected chi connectivity index (χ0v) is 21.1. The first kappa shape index (κ1) is 25.8. The van der Waals surface area contributed by atoms with Crippen LogP contribution in [0, 0.1) is 23.2 Å². The molecule has 2 unspecified atom stereocenters. The van der Waals surface area contributed by atoms with Crippen molar-refractivity contribution < 1.29 is 18.9 Å². The molecule has 2 atom stereocenters. The van der Waals surface area contributed by atoms with Gasteiger partial charge in [0.05, 0.1) is 51.6 Å². The maximum atomic E-state index is 9.94. The van der Waals surface area contributed by atoms with Crippen molar-refractivity contribution in [2.24, 2.45) is 11.8 Å². The number of ether oxygens (including phenoxy) is 4. The van der Waals surface area contributed by atoms with Crippen LogP contribution in [-0.2, 0) is 11.3 Å². The number of methoxy groups -OCH3 is 2. The second kappa shape index (κ2) is 13.1. The van der Waals surface area contributed by atoms with E-state index in [1.807, 2.05) is 60.7 Å². The van der Waals surface area contributed by atoms with Gasteiger partial charge in [0.15, 0.2) is 0 Å². The van der Waals surface area contributed by atoms with E-state index in [1.54, 1.807) is 14.2 Å². The quantitative estimate of drug-likeness (QED) is 0.480. The van der Waals surface area contributed by atoms with E-state index < -0.39 is 0 Å². The molecule has 190 valence electrons. The van der Waals surface area contributed by atoms with Crippen LogP contribution >= 0.6 is 0 Å². The average Bonchev–Trinajstić information content (AvgIpc) is 2.94. The summed E-state index contributed by atoms with van der Waals surface area (Å²) in [5.41, 5.74) is 3.03. The van der Waals surface area contributed by atoms with E-state index in [2.05, 4.69) is 16.3 Å². The van der Waals surface area contributed by atoms with E-state index >= 15 is 0 Å². The Kier molecular flexibility index (Phi) is 9.40. The van der Waals surface area contributed by atoms with Crippen LogP contribution in [0.4, 0.5) is 0 Å². The van der Waals surface area contributed by atoms with Crippen LogP contribution in [0.25, 0.3) is 5.57 Å². The number of nitrogens with one attached hydrogen (secondary N) is 1. The first-order valence-electron chi connectivity index (χ1n) is 12.5. The van der Waals surface area contributed by atoms with Gasteiger partial charge in [0.1, 0.15) is 17.2 Å². The van der Waals surface area contributed by atoms with Crippen molar-refractivity contribution in [3.8, 4) is 23.3 Å². The number of rotatable bonds is 11. The van der Waals surface area contributed by atoms with Crippen molar-refractivity contribution in [2.75, 3.05) is 60.2 Å². The van der Waals surface area contributed by atoms with Gasteiger partial charge in [-0.05, 0) is 11.1 Å². The molecule has 2 aliphatic rings. The van der Waals surface area contributed by atoms with Crippen LogP contribution in [0.15, 0.2) is 60.7 Å². The second-order valence-electron chi connectivity index (χ2n) is 8.89. The fraction of sp³-hybridized carbons (Fsp3) is 0.414. The Balaban J connectivity index is 1.38. The predicted octanol–water partition coefficient (Wildman–Crippen LogP) is 3.91. The van der Waals surface area contributed by atoms with E-state index in [-0.39, 0.29) is 11.8 Å². The van der Waals surface area contributed by atoms with Gasteiger partial charge in [0, 0.05) is 50.8 Å². The highest BCUT2D eigenvalue weighted by Crippen LogP contribution is 2.36. The summed E-state index contributed by atoms with van der Waals surface area (Å²) in [6, 6.07) is 16.3. The van der Waals surface area contributed by atoms with Crippen molar-refractivity contribution in [3.63, 3.8) is 0 Å². The summed E-state index contributed by atoms with van der Waals surface area (Å²) in [5, 5.41) is 13.4. The van der Waals surface area contributed by atoms with Crippen LogP contribution in [0.1, 0.15) is 11.1 Å². The minimum atomic E-state index is -0.281. The number of benzene rings is 2. The van der Waals surface area contributed by atoms with E-state index in [1.165, 1.54) is 0 Å². The minimum absolute atomic E-state index is 0.0614. The monoisotopic (exact) mass is 489 g/mol. The van der Waals surface area contributed by atoms with E-state index in [4.69, 9.17) is 18.9 Å². The number of allylic oxidation sites excluding steroid dienone is 3. The van der Waals surface area contributed by atoms with Gasteiger partial charge in [-0.15, -0.1) is 0 Å². The highest BCUT2D eigenvalue weighted by atomic mass is 16.5. The molecular formula is C29H35N3O4. The van der Waals surface area contributed by atoms with Crippen molar-refractivity contribution in [1.82, 2.24) is 10.2 Å². The molecule has 1 heterocycles. The minimum Gasteiger partial charge on any atom is -0.496 e. The molecule has 2 aromatic carbocycles. The fourth-order valence-corrected chi connectivity index (χ4v) is 4.66. The molecular weight excluding hydrogens is 454 g/mol. The van der Waals surface area contributed by atoms with Crippen LogP contribution in [-0.4, -0.2) is 65.1 Å². The van der Waals surface area contributed by atoms with Gasteiger partial charge in [-0.3, -0.25) is 4.90 Å². The molecule has 36 heavy (non-hydrogen) atoms. The molecule has 0 radical (unpaired) electrons. The first-order valence-corrected chi connectivity index (χ1v) is 12.5. The van der Waals surface area contributed by atoms with Crippen LogP contribution in [0.2, 0.25) is 0 Å². The highest BCUT2D eigenvalue weighted by Gasteiger charge is 2.27. The zero-order valence-electron chi connectivity index (χ0n) is 21.1. The van der Waals surface area contributed by atoms with Gasteiger partial charge in [-0.25, -0.2) is 0 Å². The Morgan fingerprint density at radius 1 is 1.08 bits per heavy atom. The fourth-order valence-electron chi connectivity index (χ4n) is 4.66. The molecule has 7 heteroatoms. The number of hydrogen-bond donors (Lipinski definition) is 1.